The molecule has 1 saturated heterocycles. The third kappa shape index (κ3) is 7.12. The van der Waals surface area contributed by atoms with Crippen molar-refractivity contribution in [2.24, 2.45) is 5.41 Å². The molecule has 14 heteroatoms. The molecule has 0 spiro atoms. The fourth-order valence-electron chi connectivity index (χ4n) is 5.71. The van der Waals surface area contributed by atoms with Gasteiger partial charge in [-0.2, -0.15) is 18.4 Å². The van der Waals surface area contributed by atoms with E-state index in [0.717, 1.165) is 11.6 Å². The molecule has 0 radical (unpaired) electrons. The van der Waals surface area contributed by atoms with E-state index in [-0.39, 0.29) is 27.6 Å². The fraction of sp³-hybridized carbons (Fsp3) is 0.414. The number of hydrogen-bond acceptors (Lipinski definition) is 5. The molecule has 4 unspecified atom stereocenters. The lowest BCUT2D eigenvalue weighted by Gasteiger charge is -2.39. The largest absolute Gasteiger partial charge is 0.490 e. The van der Waals surface area contributed by atoms with Crippen LogP contribution in [0.5, 0.6) is 0 Å². The first-order valence-electron chi connectivity index (χ1n) is 12.8. The highest BCUT2D eigenvalue weighted by Gasteiger charge is 2.61. The highest BCUT2D eigenvalue weighted by atomic mass is 35.5. The smallest absolute Gasteiger partial charge is 0.480 e. The molecule has 0 bridgehead atoms. The van der Waals surface area contributed by atoms with Crippen LogP contribution in [0.25, 0.3) is 0 Å². The lowest BCUT2D eigenvalue weighted by molar-refractivity contribution is -0.192. The summed E-state index contributed by atoms with van der Waals surface area (Å²) in [5, 5.41) is 31.1. The minimum atomic E-state index is -5.08. The Balaban J connectivity index is 0.000000646. The van der Waals surface area contributed by atoms with Gasteiger partial charge in [-0.25, -0.2) is 13.6 Å². The Bertz CT molecular complexity index is 1460. The zero-order valence-electron chi connectivity index (χ0n) is 22.8. The van der Waals surface area contributed by atoms with Gasteiger partial charge in [0, 0.05) is 22.5 Å². The highest BCUT2D eigenvalue weighted by Crippen LogP contribution is 2.53. The summed E-state index contributed by atoms with van der Waals surface area (Å²) in [4.78, 5) is 21.4. The minimum Gasteiger partial charge on any atom is -0.480 e. The Kier molecular flexibility index (Phi) is 10.5. The van der Waals surface area contributed by atoms with Crippen LogP contribution in [0, 0.1) is 28.4 Å². The summed E-state index contributed by atoms with van der Waals surface area (Å²) in [6, 6.07) is 8.17. The van der Waals surface area contributed by atoms with E-state index in [1.165, 1.54) is 30.3 Å². The molecule has 2 aromatic rings. The second kappa shape index (κ2) is 13.2. The van der Waals surface area contributed by atoms with Crippen molar-refractivity contribution in [2.75, 3.05) is 13.2 Å². The maximum atomic E-state index is 15.5. The van der Waals surface area contributed by atoms with Gasteiger partial charge in [0.1, 0.15) is 23.1 Å². The van der Waals surface area contributed by atoms with Crippen molar-refractivity contribution < 1.29 is 46.5 Å². The molecular formula is C29H27Cl2F5N2O5. The number of benzene rings is 2. The molecule has 0 amide bonds. The highest BCUT2D eigenvalue weighted by molar-refractivity contribution is 6.31. The molecule has 0 aliphatic carbocycles. The first-order valence-corrected chi connectivity index (χ1v) is 13.6. The summed E-state index contributed by atoms with van der Waals surface area (Å²) >= 11 is 12.1. The quantitative estimate of drug-likeness (QED) is 0.237. The molecule has 2 aliphatic heterocycles. The lowest BCUT2D eigenvalue weighted by Crippen LogP contribution is -2.45. The number of carbonyl (C=O) groups is 2. The standard InChI is InChI=1S/C27H26Cl2F2N2O3.C2HF3O2/c1-26(2,15-8-10-36-11-9-15)13-21-27(14-32,18-7-6-16(28)12-20(18)30)22(24(33-21)25(34)35)17-4-3-5-19(29)23(17)31;3-2(4,5)1(6)7/h3-8,12,21-22,24,33H,9-11,13H2,1-2H3,(H,34,35);(H,6,7). The van der Waals surface area contributed by atoms with Crippen molar-refractivity contribution in [3.05, 3.63) is 80.9 Å². The molecule has 2 heterocycles. The van der Waals surface area contributed by atoms with Crippen LogP contribution >= 0.6 is 23.2 Å². The summed E-state index contributed by atoms with van der Waals surface area (Å²) < 4.78 is 68.1. The Morgan fingerprint density at radius 1 is 1.16 bits per heavy atom. The van der Waals surface area contributed by atoms with E-state index in [4.69, 9.17) is 37.8 Å². The average Bonchev–Trinajstić information content (AvgIpc) is 3.24. The molecule has 232 valence electrons. The predicted molar refractivity (Wildman–Crippen MR) is 147 cm³/mol. The van der Waals surface area contributed by atoms with Gasteiger partial charge in [0.25, 0.3) is 0 Å². The van der Waals surface area contributed by atoms with Crippen LogP contribution in [0.4, 0.5) is 22.0 Å². The number of nitrogens with zero attached hydrogens (tertiary/aromatic N) is 1. The van der Waals surface area contributed by atoms with Crippen molar-refractivity contribution in [1.29, 1.82) is 5.26 Å². The lowest BCUT2D eigenvalue weighted by atomic mass is 9.61. The SMILES string of the molecule is CC(C)(CC1NC(C(=O)O)C(c2cccc(Cl)c2F)C1(C#N)c1ccc(Cl)cc1F)C1=CCOCC1.O=C(O)C(F)(F)F. The summed E-state index contributed by atoms with van der Waals surface area (Å²) in [6.07, 6.45) is -2.13. The molecule has 43 heavy (non-hydrogen) atoms. The first kappa shape index (κ1) is 34.3. The number of carboxylic acids is 2. The van der Waals surface area contributed by atoms with Gasteiger partial charge in [0.15, 0.2) is 0 Å². The zero-order valence-corrected chi connectivity index (χ0v) is 24.3. The van der Waals surface area contributed by atoms with Crippen molar-refractivity contribution in [2.45, 2.75) is 56.3 Å². The van der Waals surface area contributed by atoms with E-state index in [1.807, 2.05) is 19.9 Å². The van der Waals surface area contributed by atoms with Crippen molar-refractivity contribution in [3.8, 4) is 6.07 Å². The van der Waals surface area contributed by atoms with E-state index >= 15 is 8.78 Å². The predicted octanol–water partition coefficient (Wildman–Crippen LogP) is 6.64. The van der Waals surface area contributed by atoms with Crippen molar-refractivity contribution in [1.82, 2.24) is 5.32 Å². The van der Waals surface area contributed by atoms with Crippen LogP contribution in [-0.4, -0.2) is 53.6 Å². The number of ether oxygens (including phenoxy) is 1. The zero-order chi connectivity index (χ0) is 32.3. The molecule has 4 rings (SSSR count). The van der Waals surface area contributed by atoms with Gasteiger partial charge in [0.2, 0.25) is 0 Å². The summed E-state index contributed by atoms with van der Waals surface area (Å²) in [5.41, 5.74) is -1.28. The fourth-order valence-corrected chi connectivity index (χ4v) is 6.05. The molecule has 2 aromatic carbocycles. The molecule has 0 saturated carbocycles. The molecule has 3 N–H and O–H groups in total. The molecule has 7 nitrogen and oxygen atoms in total. The van der Waals surface area contributed by atoms with Crippen LogP contribution in [0.2, 0.25) is 10.0 Å². The molecule has 0 aromatic heterocycles. The topological polar surface area (TPSA) is 120 Å². The third-order valence-electron chi connectivity index (χ3n) is 7.69. The number of alkyl halides is 3. The van der Waals surface area contributed by atoms with Gasteiger partial charge in [-0.15, -0.1) is 0 Å². The van der Waals surface area contributed by atoms with Crippen molar-refractivity contribution >= 4 is 35.1 Å². The molecule has 4 atom stereocenters. The Hall–Kier alpha value is -3.24. The Morgan fingerprint density at radius 2 is 1.81 bits per heavy atom. The first-order chi connectivity index (χ1) is 20.0. The Labute approximate surface area is 253 Å². The maximum absolute atomic E-state index is 15.5. The van der Waals surface area contributed by atoms with Crippen LogP contribution in [0.3, 0.4) is 0 Å². The summed E-state index contributed by atoms with van der Waals surface area (Å²) in [5.74, 6) is -6.92. The Morgan fingerprint density at radius 3 is 2.33 bits per heavy atom. The van der Waals surface area contributed by atoms with E-state index in [1.54, 1.807) is 0 Å². The maximum Gasteiger partial charge on any atom is 0.490 e. The second-order valence-electron chi connectivity index (χ2n) is 10.7. The van der Waals surface area contributed by atoms with Gasteiger partial charge in [-0.1, -0.05) is 66.9 Å². The summed E-state index contributed by atoms with van der Waals surface area (Å²) in [6.45, 7) is 5.00. The number of halogens is 7. The van der Waals surface area contributed by atoms with E-state index in [9.17, 15) is 28.3 Å². The number of aliphatic carboxylic acids is 2. The molecule has 1 fully saturated rings. The van der Waals surface area contributed by atoms with Crippen LogP contribution in [0.1, 0.15) is 43.7 Å². The average molecular weight is 649 g/mol. The minimum absolute atomic E-state index is 0.0446. The van der Waals surface area contributed by atoms with Crippen molar-refractivity contribution in [3.63, 3.8) is 0 Å². The number of hydrogen-bond donors (Lipinski definition) is 3. The normalized spacial score (nSPS) is 23.9. The molecule has 2 aliphatic rings. The number of carboxylic acid groups (broad SMARTS) is 2. The van der Waals surface area contributed by atoms with E-state index < -0.39 is 58.6 Å². The van der Waals surface area contributed by atoms with Crippen LogP contribution < -0.4 is 5.32 Å². The third-order valence-corrected chi connectivity index (χ3v) is 8.22. The van der Waals surface area contributed by atoms with Gasteiger partial charge in [-0.3, -0.25) is 10.1 Å². The monoisotopic (exact) mass is 648 g/mol. The van der Waals surface area contributed by atoms with E-state index in [2.05, 4.69) is 11.4 Å². The van der Waals surface area contributed by atoms with Gasteiger partial charge >= 0.3 is 18.1 Å². The number of rotatable bonds is 6. The van der Waals surface area contributed by atoms with Crippen LogP contribution in [0.15, 0.2) is 48.0 Å². The second-order valence-corrected chi connectivity index (χ2v) is 11.5. The van der Waals surface area contributed by atoms with Gasteiger partial charge < -0.3 is 14.9 Å². The van der Waals surface area contributed by atoms with Gasteiger partial charge in [-0.05, 0) is 42.0 Å². The van der Waals surface area contributed by atoms with E-state index in [0.29, 0.717) is 19.6 Å². The van der Waals surface area contributed by atoms with Gasteiger partial charge in [0.05, 0.1) is 24.3 Å². The molecular weight excluding hydrogens is 622 g/mol. The van der Waals surface area contributed by atoms with Crippen LogP contribution in [-0.2, 0) is 19.7 Å². The summed E-state index contributed by atoms with van der Waals surface area (Å²) in [7, 11) is 0. The number of nitrogens with one attached hydrogen (secondary N) is 1. The number of nitriles is 1.